The number of hydrogen-bond donors (Lipinski definition) is 0. The van der Waals surface area contributed by atoms with E-state index in [2.05, 4.69) is 0 Å². The minimum atomic E-state index is -0.264. The fraction of sp³-hybridized carbons (Fsp3) is 0.111. The van der Waals surface area contributed by atoms with Gasteiger partial charge < -0.3 is 0 Å². The summed E-state index contributed by atoms with van der Waals surface area (Å²) in [6, 6.07) is 12.9. The summed E-state index contributed by atoms with van der Waals surface area (Å²) in [5, 5.41) is 0. The molecule has 2 aromatic carbocycles. The van der Waals surface area contributed by atoms with Gasteiger partial charge in [0.05, 0.1) is 0 Å². The van der Waals surface area contributed by atoms with Crippen LogP contribution >= 0.6 is 0 Å². The van der Waals surface area contributed by atoms with Crippen LogP contribution in [-0.4, -0.2) is 24.1 Å². The van der Waals surface area contributed by atoms with Gasteiger partial charge in [0.15, 0.2) is 24.1 Å². The van der Waals surface area contributed by atoms with E-state index >= 15 is 0 Å². The van der Waals surface area contributed by atoms with Gasteiger partial charge in [-0.05, 0) is 0 Å². The highest BCUT2D eigenvalue weighted by atomic mass is 16.1. The van der Waals surface area contributed by atoms with Gasteiger partial charge >= 0.3 is 0 Å². The first-order chi connectivity index (χ1) is 10.7. The van der Waals surface area contributed by atoms with Crippen LogP contribution in [0.2, 0.25) is 0 Å². The highest BCUT2D eigenvalue weighted by Gasteiger charge is 2.15. The van der Waals surface area contributed by atoms with Gasteiger partial charge in [-0.25, -0.2) is 0 Å². The number of hydrogen-bond acceptors (Lipinski definition) is 4. The van der Waals surface area contributed by atoms with Gasteiger partial charge in [-0.1, -0.05) is 48.5 Å². The fourth-order valence-corrected chi connectivity index (χ4v) is 2.20. The molecule has 2 rings (SSSR count). The highest BCUT2D eigenvalue weighted by Crippen LogP contribution is 2.14. The first kappa shape index (κ1) is 15.5. The van der Waals surface area contributed by atoms with Crippen molar-refractivity contribution in [3.63, 3.8) is 0 Å². The standard InChI is InChI=1S/C18H14O4/c19-11-13-5-1-3-7-15(13)17(21)9-10-18(22)16-8-4-2-6-14(16)12-20/h1-8,11-12H,9-10H2. The Kier molecular flexibility index (Phi) is 5.09. The van der Waals surface area contributed by atoms with Crippen LogP contribution in [0.15, 0.2) is 48.5 Å². The molecule has 0 unspecified atom stereocenters. The summed E-state index contributed by atoms with van der Waals surface area (Å²) in [4.78, 5) is 46.1. The molecule has 110 valence electrons. The third-order valence-corrected chi connectivity index (χ3v) is 3.36. The Labute approximate surface area is 127 Å². The lowest BCUT2D eigenvalue weighted by Gasteiger charge is -2.05. The molecule has 0 aliphatic heterocycles. The third kappa shape index (κ3) is 3.41. The Bertz CT molecular complexity index is 668. The average Bonchev–Trinajstić information content (AvgIpc) is 2.59. The summed E-state index contributed by atoms with van der Waals surface area (Å²) in [6.07, 6.45) is 1.24. The molecule has 0 aliphatic rings. The minimum Gasteiger partial charge on any atom is -0.298 e. The smallest absolute Gasteiger partial charge is 0.164 e. The lowest BCUT2D eigenvalue weighted by molar-refractivity contribution is 0.0914. The summed E-state index contributed by atoms with van der Waals surface area (Å²) in [7, 11) is 0. The van der Waals surface area contributed by atoms with Crippen molar-refractivity contribution in [3.8, 4) is 0 Å². The molecule has 0 aliphatic carbocycles. The second-order valence-corrected chi connectivity index (χ2v) is 4.76. The molecule has 0 saturated carbocycles. The summed E-state index contributed by atoms with van der Waals surface area (Å²) in [5.41, 5.74) is 1.25. The number of ketones is 2. The first-order valence-electron chi connectivity index (χ1n) is 6.82. The zero-order valence-corrected chi connectivity index (χ0v) is 11.8. The number of rotatable bonds is 7. The van der Waals surface area contributed by atoms with Crippen molar-refractivity contribution in [1.82, 2.24) is 0 Å². The van der Waals surface area contributed by atoms with E-state index < -0.39 is 0 Å². The number of aldehydes is 2. The Balaban J connectivity index is 2.09. The van der Waals surface area contributed by atoms with Gasteiger partial charge in [0.25, 0.3) is 0 Å². The minimum absolute atomic E-state index is 0.00310. The second-order valence-electron chi connectivity index (χ2n) is 4.76. The Morgan fingerprint density at radius 2 is 1.05 bits per heavy atom. The van der Waals surface area contributed by atoms with Crippen LogP contribution in [0.25, 0.3) is 0 Å². The summed E-state index contributed by atoms with van der Waals surface area (Å²) >= 11 is 0. The molecular formula is C18H14O4. The van der Waals surface area contributed by atoms with E-state index in [9.17, 15) is 19.2 Å². The average molecular weight is 294 g/mol. The molecule has 0 radical (unpaired) electrons. The van der Waals surface area contributed by atoms with Crippen molar-refractivity contribution in [3.05, 3.63) is 70.8 Å². The maximum atomic E-state index is 12.1. The Morgan fingerprint density at radius 1 is 0.682 bits per heavy atom. The van der Waals surface area contributed by atoms with Gasteiger partial charge in [-0.3, -0.25) is 19.2 Å². The zero-order chi connectivity index (χ0) is 15.9. The number of carbonyl (C=O) groups excluding carboxylic acids is 4. The molecule has 0 spiro atoms. The predicted molar refractivity (Wildman–Crippen MR) is 81.6 cm³/mol. The predicted octanol–water partition coefficient (Wildman–Crippen LogP) is 3.16. The van der Waals surface area contributed by atoms with Crippen molar-refractivity contribution in [2.75, 3.05) is 0 Å². The SMILES string of the molecule is O=Cc1ccccc1C(=O)CCC(=O)c1ccccc1C=O. The topological polar surface area (TPSA) is 68.3 Å². The van der Waals surface area contributed by atoms with E-state index in [1.165, 1.54) is 0 Å². The molecule has 0 heterocycles. The molecule has 0 fully saturated rings. The molecule has 0 saturated heterocycles. The number of carbonyl (C=O) groups is 4. The third-order valence-electron chi connectivity index (χ3n) is 3.36. The van der Waals surface area contributed by atoms with Crippen LogP contribution in [0.3, 0.4) is 0 Å². The van der Waals surface area contributed by atoms with Crippen LogP contribution in [0.5, 0.6) is 0 Å². The lowest BCUT2D eigenvalue weighted by atomic mass is 9.97. The second kappa shape index (κ2) is 7.22. The first-order valence-corrected chi connectivity index (χ1v) is 6.82. The summed E-state index contributed by atoms with van der Waals surface area (Å²) in [5.74, 6) is -0.528. The van der Waals surface area contributed by atoms with Gasteiger partial charge in [0.2, 0.25) is 0 Å². The molecular weight excluding hydrogens is 280 g/mol. The van der Waals surface area contributed by atoms with Crippen LogP contribution in [0.4, 0.5) is 0 Å². The van der Waals surface area contributed by atoms with Crippen molar-refractivity contribution < 1.29 is 19.2 Å². The molecule has 0 N–H and O–H groups in total. The molecule has 22 heavy (non-hydrogen) atoms. The fourth-order valence-electron chi connectivity index (χ4n) is 2.20. The molecule has 0 amide bonds. The van der Waals surface area contributed by atoms with Gasteiger partial charge in [-0.15, -0.1) is 0 Å². The summed E-state index contributed by atoms with van der Waals surface area (Å²) in [6.45, 7) is 0. The van der Waals surface area contributed by atoms with E-state index in [-0.39, 0.29) is 24.4 Å². The lowest BCUT2D eigenvalue weighted by Crippen LogP contribution is -2.09. The van der Waals surface area contributed by atoms with Crippen molar-refractivity contribution in [2.24, 2.45) is 0 Å². The maximum absolute atomic E-state index is 12.1. The number of Topliss-reactive ketones (excluding diaryl/α,β-unsaturated/α-hetero) is 2. The van der Waals surface area contributed by atoms with E-state index in [0.29, 0.717) is 34.8 Å². The van der Waals surface area contributed by atoms with Crippen molar-refractivity contribution in [1.29, 1.82) is 0 Å². The quantitative estimate of drug-likeness (QED) is 0.581. The van der Waals surface area contributed by atoms with E-state index in [4.69, 9.17) is 0 Å². The van der Waals surface area contributed by atoms with Gasteiger partial charge in [0, 0.05) is 35.1 Å². The van der Waals surface area contributed by atoms with Crippen LogP contribution in [0.1, 0.15) is 54.3 Å². The monoisotopic (exact) mass is 294 g/mol. The molecule has 2 aromatic rings. The van der Waals surface area contributed by atoms with Crippen molar-refractivity contribution >= 4 is 24.1 Å². The van der Waals surface area contributed by atoms with Crippen LogP contribution in [0, 0.1) is 0 Å². The van der Waals surface area contributed by atoms with E-state index in [0.717, 1.165) is 0 Å². The zero-order valence-electron chi connectivity index (χ0n) is 11.8. The summed E-state index contributed by atoms with van der Waals surface area (Å²) < 4.78 is 0. The molecule has 0 aromatic heterocycles. The van der Waals surface area contributed by atoms with Gasteiger partial charge in [0.1, 0.15) is 0 Å². The normalized spacial score (nSPS) is 10.0. The number of benzene rings is 2. The van der Waals surface area contributed by atoms with Gasteiger partial charge in [-0.2, -0.15) is 0 Å². The molecule has 4 nitrogen and oxygen atoms in total. The van der Waals surface area contributed by atoms with E-state index in [1.807, 2.05) is 0 Å². The van der Waals surface area contributed by atoms with Crippen LogP contribution < -0.4 is 0 Å². The highest BCUT2D eigenvalue weighted by molar-refractivity contribution is 6.07. The van der Waals surface area contributed by atoms with Crippen LogP contribution in [-0.2, 0) is 0 Å². The van der Waals surface area contributed by atoms with Crippen molar-refractivity contribution in [2.45, 2.75) is 12.8 Å². The Morgan fingerprint density at radius 3 is 1.41 bits per heavy atom. The largest absolute Gasteiger partial charge is 0.298 e. The Hall–Kier alpha value is -2.88. The molecule has 0 bridgehead atoms. The van der Waals surface area contributed by atoms with E-state index in [1.54, 1.807) is 48.5 Å². The molecule has 0 atom stereocenters. The molecule has 4 heteroatoms. The maximum Gasteiger partial charge on any atom is 0.164 e.